The predicted octanol–water partition coefficient (Wildman–Crippen LogP) is 3.43. The summed E-state index contributed by atoms with van der Waals surface area (Å²) in [6.07, 6.45) is 5.59. The molecule has 1 aromatic heterocycles. The molecule has 0 bridgehead atoms. The minimum atomic E-state index is -0.450. The number of hydrogen-bond acceptors (Lipinski definition) is 3. The lowest BCUT2D eigenvalue weighted by atomic mass is 10.1. The molecule has 2 aromatic carbocycles. The number of fused-ring (bicyclic) bond motifs is 1. The van der Waals surface area contributed by atoms with Crippen molar-refractivity contribution in [3.63, 3.8) is 0 Å². The molecular weight excluding hydrogens is 276 g/mol. The molecule has 2 atom stereocenters. The smallest absolute Gasteiger partial charge is 0.119 e. The molecule has 0 saturated carbocycles. The minimum Gasteiger partial charge on any atom is -0.493 e. The van der Waals surface area contributed by atoms with Crippen molar-refractivity contribution < 1.29 is 9.84 Å². The highest BCUT2D eigenvalue weighted by Crippen LogP contribution is 2.22. The molecule has 0 spiro atoms. The Bertz CT molecular complexity index is 723. The van der Waals surface area contributed by atoms with Crippen LogP contribution in [0, 0.1) is 0 Å². The van der Waals surface area contributed by atoms with E-state index in [1.165, 1.54) is 10.8 Å². The number of aliphatic hydroxyl groups excluding tert-OH is 1. The van der Waals surface area contributed by atoms with Crippen LogP contribution in [0.4, 0.5) is 0 Å². The molecule has 3 aromatic rings. The molecule has 0 unspecified atom stereocenters. The van der Waals surface area contributed by atoms with Crippen LogP contribution in [0.5, 0.6) is 5.75 Å². The van der Waals surface area contributed by atoms with Crippen LogP contribution >= 0.6 is 0 Å². The predicted molar refractivity (Wildman–Crippen MR) is 87.0 cm³/mol. The van der Waals surface area contributed by atoms with Crippen LogP contribution < -0.4 is 4.74 Å². The standard InChI is InChI=1S/C18H20N2O2/c1-14(21)18(20-10-9-19-13-20)8-11-22-17-7-6-15-4-2-3-5-16(15)12-17/h2-7,9-10,12-14,18,21H,8,11H2,1H3/t14-,18+/m0/s1. The number of aromatic nitrogens is 2. The van der Waals surface area contributed by atoms with Gasteiger partial charge in [0.1, 0.15) is 5.75 Å². The third kappa shape index (κ3) is 3.28. The Kier molecular flexibility index (Phi) is 4.39. The molecular formula is C18H20N2O2. The summed E-state index contributed by atoms with van der Waals surface area (Å²) in [7, 11) is 0. The molecule has 0 amide bonds. The van der Waals surface area contributed by atoms with Crippen molar-refractivity contribution >= 4 is 10.8 Å². The number of benzene rings is 2. The van der Waals surface area contributed by atoms with Crippen LogP contribution in [0.15, 0.2) is 61.2 Å². The SMILES string of the molecule is C[C@H](O)[C@@H](CCOc1ccc2ccccc2c1)n1ccnc1. The third-order valence-electron chi connectivity index (χ3n) is 3.87. The zero-order valence-electron chi connectivity index (χ0n) is 12.6. The summed E-state index contributed by atoms with van der Waals surface area (Å²) in [6.45, 7) is 2.34. The third-order valence-corrected chi connectivity index (χ3v) is 3.87. The van der Waals surface area contributed by atoms with Crippen LogP contribution in [-0.2, 0) is 0 Å². The molecule has 3 rings (SSSR count). The first-order valence-electron chi connectivity index (χ1n) is 7.51. The Balaban J connectivity index is 1.63. The van der Waals surface area contributed by atoms with Gasteiger partial charge in [-0.2, -0.15) is 0 Å². The number of imidazole rings is 1. The zero-order chi connectivity index (χ0) is 15.4. The topological polar surface area (TPSA) is 47.3 Å². The summed E-state index contributed by atoms with van der Waals surface area (Å²) in [4.78, 5) is 4.04. The van der Waals surface area contributed by atoms with E-state index in [-0.39, 0.29) is 6.04 Å². The van der Waals surface area contributed by atoms with E-state index in [1.807, 2.05) is 35.0 Å². The van der Waals surface area contributed by atoms with Crippen molar-refractivity contribution in [1.82, 2.24) is 9.55 Å². The van der Waals surface area contributed by atoms with Crippen molar-refractivity contribution in [2.45, 2.75) is 25.5 Å². The molecule has 22 heavy (non-hydrogen) atoms. The van der Waals surface area contributed by atoms with Gasteiger partial charge in [-0.1, -0.05) is 30.3 Å². The number of rotatable bonds is 6. The van der Waals surface area contributed by atoms with Crippen LogP contribution in [-0.4, -0.2) is 27.4 Å². The quantitative estimate of drug-likeness (QED) is 0.758. The van der Waals surface area contributed by atoms with Gasteiger partial charge in [0.05, 0.1) is 25.1 Å². The van der Waals surface area contributed by atoms with Gasteiger partial charge in [-0.05, 0) is 29.8 Å². The van der Waals surface area contributed by atoms with Gasteiger partial charge < -0.3 is 14.4 Å². The van der Waals surface area contributed by atoms with E-state index in [0.717, 1.165) is 12.2 Å². The van der Waals surface area contributed by atoms with E-state index in [1.54, 1.807) is 19.4 Å². The van der Waals surface area contributed by atoms with E-state index in [2.05, 4.69) is 23.2 Å². The van der Waals surface area contributed by atoms with E-state index in [9.17, 15) is 5.11 Å². The molecule has 0 fully saturated rings. The number of ether oxygens (including phenoxy) is 1. The Morgan fingerprint density at radius 1 is 1.18 bits per heavy atom. The number of aliphatic hydroxyl groups is 1. The average molecular weight is 296 g/mol. The Morgan fingerprint density at radius 2 is 2.00 bits per heavy atom. The molecule has 0 saturated heterocycles. The van der Waals surface area contributed by atoms with E-state index >= 15 is 0 Å². The summed E-state index contributed by atoms with van der Waals surface area (Å²) < 4.78 is 7.77. The number of hydrogen-bond donors (Lipinski definition) is 1. The Labute approximate surface area is 130 Å². The second kappa shape index (κ2) is 6.62. The van der Waals surface area contributed by atoms with E-state index < -0.39 is 6.10 Å². The van der Waals surface area contributed by atoms with E-state index in [4.69, 9.17) is 4.74 Å². The van der Waals surface area contributed by atoms with Crippen LogP contribution in [0.3, 0.4) is 0 Å². The maximum absolute atomic E-state index is 9.92. The summed E-state index contributed by atoms with van der Waals surface area (Å²) >= 11 is 0. The van der Waals surface area contributed by atoms with Crippen molar-refractivity contribution in [1.29, 1.82) is 0 Å². The maximum Gasteiger partial charge on any atom is 0.119 e. The van der Waals surface area contributed by atoms with Gasteiger partial charge in [0.15, 0.2) is 0 Å². The van der Waals surface area contributed by atoms with Crippen LogP contribution in [0.1, 0.15) is 19.4 Å². The highest BCUT2D eigenvalue weighted by Gasteiger charge is 2.16. The van der Waals surface area contributed by atoms with Crippen LogP contribution in [0.25, 0.3) is 10.8 Å². The van der Waals surface area contributed by atoms with Crippen molar-refractivity contribution in [3.8, 4) is 5.75 Å². The molecule has 0 radical (unpaired) electrons. The summed E-state index contributed by atoms with van der Waals surface area (Å²) in [5.41, 5.74) is 0. The largest absolute Gasteiger partial charge is 0.493 e. The highest BCUT2D eigenvalue weighted by atomic mass is 16.5. The lowest BCUT2D eigenvalue weighted by molar-refractivity contribution is 0.113. The molecule has 0 aliphatic carbocycles. The minimum absolute atomic E-state index is 0.0250. The fraction of sp³-hybridized carbons (Fsp3) is 0.278. The molecule has 1 N–H and O–H groups in total. The highest BCUT2D eigenvalue weighted by molar-refractivity contribution is 5.83. The normalized spacial score (nSPS) is 13.9. The second-order valence-electron chi connectivity index (χ2n) is 5.46. The van der Waals surface area contributed by atoms with Gasteiger partial charge in [0.2, 0.25) is 0 Å². The summed E-state index contributed by atoms with van der Waals surface area (Å²) in [5, 5.41) is 12.3. The van der Waals surface area contributed by atoms with Gasteiger partial charge in [0, 0.05) is 18.8 Å². The first-order valence-corrected chi connectivity index (χ1v) is 7.51. The lowest BCUT2D eigenvalue weighted by Gasteiger charge is -2.21. The van der Waals surface area contributed by atoms with Crippen LogP contribution in [0.2, 0.25) is 0 Å². The van der Waals surface area contributed by atoms with Gasteiger partial charge in [-0.3, -0.25) is 0 Å². The molecule has 0 aliphatic heterocycles. The Hall–Kier alpha value is -2.33. The monoisotopic (exact) mass is 296 g/mol. The number of nitrogens with zero attached hydrogens (tertiary/aromatic N) is 2. The second-order valence-corrected chi connectivity index (χ2v) is 5.46. The van der Waals surface area contributed by atoms with Gasteiger partial charge in [-0.15, -0.1) is 0 Å². The molecule has 1 heterocycles. The zero-order valence-corrected chi connectivity index (χ0v) is 12.6. The molecule has 4 heteroatoms. The average Bonchev–Trinajstić information content (AvgIpc) is 3.05. The van der Waals surface area contributed by atoms with E-state index in [0.29, 0.717) is 6.61 Å². The molecule has 114 valence electrons. The molecule has 4 nitrogen and oxygen atoms in total. The summed E-state index contributed by atoms with van der Waals surface area (Å²) in [5.74, 6) is 0.855. The Morgan fingerprint density at radius 3 is 2.73 bits per heavy atom. The first-order chi connectivity index (χ1) is 10.7. The lowest BCUT2D eigenvalue weighted by Crippen LogP contribution is -2.22. The summed E-state index contributed by atoms with van der Waals surface area (Å²) in [6, 6.07) is 14.3. The van der Waals surface area contributed by atoms with Gasteiger partial charge >= 0.3 is 0 Å². The van der Waals surface area contributed by atoms with Gasteiger partial charge in [0.25, 0.3) is 0 Å². The fourth-order valence-electron chi connectivity index (χ4n) is 2.66. The fourth-order valence-corrected chi connectivity index (χ4v) is 2.66. The van der Waals surface area contributed by atoms with Crippen molar-refractivity contribution in [3.05, 3.63) is 61.2 Å². The van der Waals surface area contributed by atoms with Crippen molar-refractivity contribution in [2.75, 3.05) is 6.61 Å². The first kappa shape index (κ1) is 14.6. The van der Waals surface area contributed by atoms with Crippen molar-refractivity contribution in [2.24, 2.45) is 0 Å². The maximum atomic E-state index is 9.92. The van der Waals surface area contributed by atoms with Gasteiger partial charge in [-0.25, -0.2) is 4.98 Å². The molecule has 0 aliphatic rings.